The zero-order valence-electron chi connectivity index (χ0n) is 11.7. The minimum Gasteiger partial charge on any atom is -0.374 e. The van der Waals surface area contributed by atoms with Crippen LogP contribution in [0.25, 0.3) is 0 Å². The van der Waals surface area contributed by atoms with Crippen LogP contribution in [0.5, 0.6) is 0 Å². The van der Waals surface area contributed by atoms with Crippen LogP contribution in [0, 0.1) is 5.41 Å². The summed E-state index contributed by atoms with van der Waals surface area (Å²) in [6.07, 6.45) is 17.1. The molecule has 0 aromatic carbocycles. The van der Waals surface area contributed by atoms with E-state index in [2.05, 4.69) is 0 Å². The molecule has 3 saturated carbocycles. The first kappa shape index (κ1) is 12.9. The number of hydrogen-bond acceptors (Lipinski definition) is 2. The van der Waals surface area contributed by atoms with Crippen molar-refractivity contribution in [3.8, 4) is 0 Å². The molecule has 2 N–H and O–H groups in total. The van der Waals surface area contributed by atoms with E-state index in [0.717, 1.165) is 6.42 Å². The summed E-state index contributed by atoms with van der Waals surface area (Å²) in [5.74, 6) is 0. The highest BCUT2D eigenvalue weighted by molar-refractivity contribution is 5.07. The molecule has 0 aromatic heterocycles. The van der Waals surface area contributed by atoms with Gasteiger partial charge in [0.15, 0.2) is 0 Å². The van der Waals surface area contributed by atoms with Crippen molar-refractivity contribution in [2.24, 2.45) is 11.1 Å². The molecule has 2 unspecified atom stereocenters. The fourth-order valence-corrected chi connectivity index (χ4v) is 4.48. The maximum atomic E-state index is 6.47. The van der Waals surface area contributed by atoms with Gasteiger partial charge in [-0.15, -0.1) is 0 Å². The first-order valence-corrected chi connectivity index (χ1v) is 8.22. The molecule has 0 amide bonds. The molecule has 104 valence electrons. The summed E-state index contributed by atoms with van der Waals surface area (Å²) in [6.45, 7) is 0. The smallest absolute Gasteiger partial charge is 0.0664 e. The molecule has 0 radical (unpaired) electrons. The van der Waals surface area contributed by atoms with Crippen molar-refractivity contribution < 1.29 is 4.74 Å². The molecule has 0 heterocycles. The maximum absolute atomic E-state index is 6.47. The predicted octanol–water partition coefficient (Wildman–Crippen LogP) is 3.78. The quantitative estimate of drug-likeness (QED) is 0.810. The van der Waals surface area contributed by atoms with Crippen molar-refractivity contribution in [1.29, 1.82) is 0 Å². The number of nitrogens with two attached hydrogens (primary N) is 1. The Bertz CT molecular complexity index is 264. The van der Waals surface area contributed by atoms with E-state index < -0.39 is 0 Å². The predicted molar refractivity (Wildman–Crippen MR) is 74.5 cm³/mol. The van der Waals surface area contributed by atoms with Crippen LogP contribution in [-0.2, 0) is 4.74 Å². The second-order valence-electron chi connectivity index (χ2n) is 6.87. The average molecular weight is 251 g/mol. The van der Waals surface area contributed by atoms with Gasteiger partial charge in [0.25, 0.3) is 0 Å². The summed E-state index contributed by atoms with van der Waals surface area (Å²) in [4.78, 5) is 0. The SMILES string of the molecule is NC1CC(OC2CCCCC2)C12CCCCCC2. The standard InChI is InChI=1S/C16H29NO/c17-14-12-15(18-13-8-4-3-5-9-13)16(14)10-6-1-2-7-11-16/h13-15H,1-12,17H2. The van der Waals surface area contributed by atoms with E-state index >= 15 is 0 Å². The molecule has 2 atom stereocenters. The van der Waals surface area contributed by atoms with E-state index in [-0.39, 0.29) is 0 Å². The van der Waals surface area contributed by atoms with Crippen molar-refractivity contribution in [3.05, 3.63) is 0 Å². The summed E-state index contributed by atoms with van der Waals surface area (Å²) in [6, 6.07) is 0.421. The third kappa shape index (κ3) is 2.34. The van der Waals surface area contributed by atoms with Crippen molar-refractivity contribution in [1.82, 2.24) is 0 Å². The molecule has 18 heavy (non-hydrogen) atoms. The van der Waals surface area contributed by atoms with Crippen LogP contribution in [0.4, 0.5) is 0 Å². The summed E-state index contributed by atoms with van der Waals surface area (Å²) in [7, 11) is 0. The lowest BCUT2D eigenvalue weighted by atomic mass is 9.58. The molecule has 0 aliphatic heterocycles. The van der Waals surface area contributed by atoms with Gasteiger partial charge in [-0.2, -0.15) is 0 Å². The third-order valence-corrected chi connectivity index (χ3v) is 5.79. The Balaban J connectivity index is 1.61. The molecular formula is C16H29NO. The van der Waals surface area contributed by atoms with Crippen LogP contribution in [0.1, 0.15) is 77.0 Å². The van der Waals surface area contributed by atoms with Gasteiger partial charge in [-0.05, 0) is 32.1 Å². The van der Waals surface area contributed by atoms with Crippen molar-refractivity contribution >= 4 is 0 Å². The summed E-state index contributed by atoms with van der Waals surface area (Å²) < 4.78 is 6.47. The highest BCUT2D eigenvalue weighted by Crippen LogP contribution is 2.52. The van der Waals surface area contributed by atoms with Crippen LogP contribution in [0.3, 0.4) is 0 Å². The lowest BCUT2D eigenvalue weighted by Crippen LogP contribution is -2.62. The van der Waals surface area contributed by atoms with E-state index in [1.807, 2.05) is 0 Å². The largest absolute Gasteiger partial charge is 0.374 e. The number of ether oxygens (including phenoxy) is 1. The second kappa shape index (κ2) is 5.50. The van der Waals surface area contributed by atoms with Crippen LogP contribution in [-0.4, -0.2) is 18.2 Å². The highest BCUT2D eigenvalue weighted by atomic mass is 16.5. The van der Waals surface area contributed by atoms with Gasteiger partial charge in [-0.25, -0.2) is 0 Å². The van der Waals surface area contributed by atoms with Gasteiger partial charge in [-0.3, -0.25) is 0 Å². The van der Waals surface area contributed by atoms with Crippen LogP contribution in [0.2, 0.25) is 0 Å². The first-order valence-electron chi connectivity index (χ1n) is 8.22. The minimum absolute atomic E-state index is 0.369. The average Bonchev–Trinajstić information content (AvgIpc) is 2.67. The summed E-state index contributed by atoms with van der Waals surface area (Å²) >= 11 is 0. The fraction of sp³-hybridized carbons (Fsp3) is 1.00. The molecule has 3 aliphatic carbocycles. The molecule has 2 nitrogen and oxygen atoms in total. The molecule has 2 heteroatoms. The molecule has 1 spiro atoms. The Morgan fingerprint density at radius 3 is 2.06 bits per heavy atom. The highest BCUT2D eigenvalue weighted by Gasteiger charge is 2.54. The van der Waals surface area contributed by atoms with Gasteiger partial charge in [0.05, 0.1) is 12.2 Å². The first-order chi connectivity index (χ1) is 8.81. The molecule has 0 aromatic rings. The van der Waals surface area contributed by atoms with Crippen LogP contribution < -0.4 is 5.73 Å². The van der Waals surface area contributed by atoms with Gasteiger partial charge in [-0.1, -0.05) is 44.9 Å². The topological polar surface area (TPSA) is 35.2 Å². The normalized spacial score (nSPS) is 37.2. The Morgan fingerprint density at radius 1 is 0.833 bits per heavy atom. The summed E-state index contributed by atoms with van der Waals surface area (Å²) in [5.41, 5.74) is 6.74. The Labute approximate surface area is 112 Å². The molecule has 3 fully saturated rings. The number of hydrogen-bond donors (Lipinski definition) is 1. The van der Waals surface area contributed by atoms with Crippen LogP contribution in [0.15, 0.2) is 0 Å². The zero-order chi connectivity index (χ0) is 12.4. The van der Waals surface area contributed by atoms with Crippen molar-refractivity contribution in [2.45, 2.75) is 95.3 Å². The van der Waals surface area contributed by atoms with E-state index in [1.54, 1.807) is 0 Å². The van der Waals surface area contributed by atoms with Gasteiger partial charge < -0.3 is 10.5 Å². The lowest BCUT2D eigenvalue weighted by Gasteiger charge is -2.55. The van der Waals surface area contributed by atoms with E-state index in [4.69, 9.17) is 10.5 Å². The van der Waals surface area contributed by atoms with Crippen LogP contribution >= 0.6 is 0 Å². The second-order valence-corrected chi connectivity index (χ2v) is 6.87. The monoisotopic (exact) mass is 251 g/mol. The van der Waals surface area contributed by atoms with Gasteiger partial charge >= 0.3 is 0 Å². The zero-order valence-corrected chi connectivity index (χ0v) is 11.7. The van der Waals surface area contributed by atoms with E-state index in [1.165, 1.54) is 70.6 Å². The van der Waals surface area contributed by atoms with Crippen molar-refractivity contribution in [2.75, 3.05) is 0 Å². The fourth-order valence-electron chi connectivity index (χ4n) is 4.48. The molecule has 0 saturated heterocycles. The third-order valence-electron chi connectivity index (χ3n) is 5.79. The molecule has 0 bridgehead atoms. The Hall–Kier alpha value is -0.0800. The van der Waals surface area contributed by atoms with E-state index in [0.29, 0.717) is 23.7 Å². The number of rotatable bonds is 2. The van der Waals surface area contributed by atoms with Gasteiger partial charge in [0.2, 0.25) is 0 Å². The Morgan fingerprint density at radius 2 is 1.44 bits per heavy atom. The van der Waals surface area contributed by atoms with Crippen molar-refractivity contribution in [3.63, 3.8) is 0 Å². The molecule has 3 aliphatic rings. The lowest BCUT2D eigenvalue weighted by molar-refractivity contribution is -0.167. The Kier molecular flexibility index (Phi) is 3.95. The summed E-state index contributed by atoms with van der Waals surface area (Å²) in [5, 5.41) is 0. The maximum Gasteiger partial charge on any atom is 0.0664 e. The molecular weight excluding hydrogens is 222 g/mol. The van der Waals surface area contributed by atoms with Gasteiger partial charge in [0, 0.05) is 11.5 Å². The minimum atomic E-state index is 0.369. The molecule has 3 rings (SSSR count). The van der Waals surface area contributed by atoms with Gasteiger partial charge in [0.1, 0.15) is 0 Å². The van der Waals surface area contributed by atoms with E-state index in [9.17, 15) is 0 Å².